The average Bonchev–Trinajstić information content (AvgIpc) is 2.15. The van der Waals surface area contributed by atoms with E-state index in [1.807, 2.05) is 0 Å². The molecule has 2 atom stereocenters. The minimum Gasteiger partial charge on any atom is -0.480 e. The van der Waals surface area contributed by atoms with Gasteiger partial charge in [-0.3, -0.25) is 4.79 Å². The Labute approximate surface area is 98.7 Å². The molecule has 0 aliphatic carbocycles. The van der Waals surface area contributed by atoms with Gasteiger partial charge in [0.2, 0.25) is 5.91 Å². The quantitative estimate of drug-likeness (QED) is 0.447. The second-order valence-electron chi connectivity index (χ2n) is 3.49. The lowest BCUT2D eigenvalue weighted by Gasteiger charge is -2.16. The van der Waals surface area contributed by atoms with Gasteiger partial charge < -0.3 is 21.5 Å². The third-order valence-corrected chi connectivity index (χ3v) is 1.81. The Hall–Kier alpha value is -2.23. The highest BCUT2D eigenvalue weighted by Gasteiger charge is 2.22. The van der Waals surface area contributed by atoms with E-state index in [0.717, 1.165) is 0 Å². The van der Waals surface area contributed by atoms with E-state index in [1.54, 1.807) is 6.92 Å². The summed E-state index contributed by atoms with van der Waals surface area (Å²) < 4.78 is 0. The van der Waals surface area contributed by atoms with Crippen molar-refractivity contribution in [2.24, 2.45) is 5.73 Å². The van der Waals surface area contributed by atoms with Crippen LogP contribution in [-0.2, 0) is 9.59 Å². The number of nitrogens with one attached hydrogen (secondary N) is 2. The van der Waals surface area contributed by atoms with Crippen LogP contribution >= 0.6 is 0 Å². The number of hydrogen-bond donors (Lipinski definition) is 4. The molecule has 0 bridgehead atoms. The first-order valence-electron chi connectivity index (χ1n) is 4.88. The van der Waals surface area contributed by atoms with E-state index in [-0.39, 0.29) is 6.04 Å². The minimum atomic E-state index is -1.34. The molecule has 3 amide bonds. The zero-order chi connectivity index (χ0) is 13.4. The molecule has 0 radical (unpaired) electrons. The standard InChI is InChI=1S/C10H15N3O4/c1-3-4-6(2)12-10(17)13-7(9(15)16)5-8(11)14/h1,6-7H,4-5H2,2H3,(H2,11,14)(H,15,16)(H2,12,13,17)/t6?,7-/m0/s1. The van der Waals surface area contributed by atoms with Crippen molar-refractivity contribution in [1.29, 1.82) is 0 Å². The summed E-state index contributed by atoms with van der Waals surface area (Å²) in [6.45, 7) is 1.67. The fourth-order valence-corrected chi connectivity index (χ4v) is 1.05. The number of aliphatic carboxylic acids is 1. The third kappa shape index (κ3) is 6.78. The van der Waals surface area contributed by atoms with E-state index in [9.17, 15) is 14.4 Å². The van der Waals surface area contributed by atoms with E-state index in [0.29, 0.717) is 6.42 Å². The number of amides is 3. The molecule has 0 spiro atoms. The molecule has 0 aliphatic heterocycles. The highest BCUT2D eigenvalue weighted by molar-refractivity contribution is 5.87. The fourth-order valence-electron chi connectivity index (χ4n) is 1.05. The highest BCUT2D eigenvalue weighted by atomic mass is 16.4. The van der Waals surface area contributed by atoms with Crippen LogP contribution in [-0.4, -0.2) is 35.1 Å². The molecule has 0 aromatic carbocycles. The van der Waals surface area contributed by atoms with Gasteiger partial charge in [-0.1, -0.05) is 0 Å². The van der Waals surface area contributed by atoms with Crippen LogP contribution in [0.3, 0.4) is 0 Å². The van der Waals surface area contributed by atoms with Crippen molar-refractivity contribution in [2.75, 3.05) is 0 Å². The molecule has 94 valence electrons. The Morgan fingerprint density at radius 3 is 2.41 bits per heavy atom. The number of urea groups is 1. The molecule has 0 saturated carbocycles. The van der Waals surface area contributed by atoms with Gasteiger partial charge in [-0.2, -0.15) is 0 Å². The summed E-state index contributed by atoms with van der Waals surface area (Å²) in [5, 5.41) is 13.3. The van der Waals surface area contributed by atoms with E-state index < -0.39 is 30.4 Å². The first-order valence-corrected chi connectivity index (χ1v) is 4.88. The van der Waals surface area contributed by atoms with Crippen LogP contribution in [0.15, 0.2) is 0 Å². The van der Waals surface area contributed by atoms with E-state index >= 15 is 0 Å². The van der Waals surface area contributed by atoms with Gasteiger partial charge in [0, 0.05) is 12.5 Å². The molecule has 0 aromatic heterocycles. The normalized spacial score (nSPS) is 12.9. The van der Waals surface area contributed by atoms with Crippen LogP contribution in [0, 0.1) is 12.3 Å². The number of hydrogen-bond acceptors (Lipinski definition) is 3. The van der Waals surface area contributed by atoms with Crippen LogP contribution in [0.25, 0.3) is 0 Å². The SMILES string of the molecule is C#CCC(C)NC(=O)N[C@@H](CC(N)=O)C(=O)O. The van der Waals surface area contributed by atoms with Crippen molar-refractivity contribution in [3.8, 4) is 12.3 Å². The Bertz CT molecular complexity index is 348. The van der Waals surface area contributed by atoms with Gasteiger partial charge >= 0.3 is 12.0 Å². The number of carbonyl (C=O) groups excluding carboxylic acids is 2. The smallest absolute Gasteiger partial charge is 0.326 e. The zero-order valence-corrected chi connectivity index (χ0v) is 9.40. The number of primary amides is 1. The summed E-state index contributed by atoms with van der Waals surface area (Å²) in [5.74, 6) is 0.207. The largest absolute Gasteiger partial charge is 0.480 e. The average molecular weight is 241 g/mol. The van der Waals surface area contributed by atoms with E-state index in [2.05, 4.69) is 16.6 Å². The first kappa shape index (κ1) is 14.8. The summed E-state index contributed by atoms with van der Waals surface area (Å²) in [4.78, 5) is 32.6. The molecular formula is C10H15N3O4. The van der Waals surface area contributed by atoms with Crippen molar-refractivity contribution in [3.05, 3.63) is 0 Å². The number of nitrogens with two attached hydrogens (primary N) is 1. The van der Waals surface area contributed by atoms with E-state index in [4.69, 9.17) is 17.3 Å². The van der Waals surface area contributed by atoms with Crippen molar-refractivity contribution in [2.45, 2.75) is 31.8 Å². The van der Waals surface area contributed by atoms with Crippen molar-refractivity contribution < 1.29 is 19.5 Å². The zero-order valence-electron chi connectivity index (χ0n) is 9.40. The summed E-state index contributed by atoms with van der Waals surface area (Å²) in [6.07, 6.45) is 4.90. The number of terminal acetylenes is 1. The molecule has 0 fully saturated rings. The molecule has 0 aliphatic rings. The monoisotopic (exact) mass is 241 g/mol. The van der Waals surface area contributed by atoms with Gasteiger partial charge in [0.15, 0.2) is 0 Å². The van der Waals surface area contributed by atoms with Gasteiger partial charge in [-0.25, -0.2) is 9.59 Å². The molecular weight excluding hydrogens is 226 g/mol. The van der Waals surface area contributed by atoms with Crippen LogP contribution in [0.4, 0.5) is 4.79 Å². The number of carboxylic acid groups (broad SMARTS) is 1. The summed E-state index contributed by atoms with van der Waals surface area (Å²) in [5.41, 5.74) is 4.86. The Morgan fingerprint density at radius 1 is 1.41 bits per heavy atom. The fraction of sp³-hybridized carbons (Fsp3) is 0.500. The maximum absolute atomic E-state index is 11.3. The molecule has 0 rings (SSSR count). The van der Waals surface area contributed by atoms with Crippen molar-refractivity contribution in [1.82, 2.24) is 10.6 Å². The first-order chi connectivity index (χ1) is 7.86. The molecule has 0 heterocycles. The van der Waals surface area contributed by atoms with Crippen LogP contribution < -0.4 is 16.4 Å². The number of carbonyl (C=O) groups is 3. The minimum absolute atomic E-state index is 0.289. The molecule has 1 unspecified atom stereocenters. The summed E-state index contributed by atoms with van der Waals surface area (Å²) in [6, 6.07) is -2.34. The van der Waals surface area contributed by atoms with Crippen LogP contribution in [0.5, 0.6) is 0 Å². The summed E-state index contributed by atoms with van der Waals surface area (Å²) >= 11 is 0. The predicted molar refractivity (Wildman–Crippen MR) is 59.8 cm³/mol. The van der Waals surface area contributed by atoms with Crippen molar-refractivity contribution in [3.63, 3.8) is 0 Å². The van der Waals surface area contributed by atoms with Gasteiger partial charge in [-0.05, 0) is 6.92 Å². The second-order valence-corrected chi connectivity index (χ2v) is 3.49. The predicted octanol–water partition coefficient (Wildman–Crippen LogP) is -0.974. The molecule has 0 aromatic rings. The van der Waals surface area contributed by atoms with Crippen LogP contribution in [0.1, 0.15) is 19.8 Å². The Morgan fingerprint density at radius 2 is 2.00 bits per heavy atom. The lowest BCUT2D eigenvalue weighted by molar-refractivity contribution is -0.140. The van der Waals surface area contributed by atoms with Gasteiger partial charge in [0.1, 0.15) is 6.04 Å². The molecule has 0 saturated heterocycles. The molecule has 7 heteroatoms. The van der Waals surface area contributed by atoms with Gasteiger partial charge in [-0.15, -0.1) is 12.3 Å². The summed E-state index contributed by atoms with van der Waals surface area (Å²) in [7, 11) is 0. The van der Waals surface area contributed by atoms with E-state index in [1.165, 1.54) is 0 Å². The highest BCUT2D eigenvalue weighted by Crippen LogP contribution is 1.93. The maximum atomic E-state index is 11.3. The number of carboxylic acids is 1. The second kappa shape index (κ2) is 7.11. The van der Waals surface area contributed by atoms with Gasteiger partial charge in [0.25, 0.3) is 0 Å². The molecule has 7 nitrogen and oxygen atoms in total. The topological polar surface area (TPSA) is 122 Å². The lowest BCUT2D eigenvalue weighted by Crippen LogP contribution is -2.49. The van der Waals surface area contributed by atoms with Crippen LogP contribution in [0.2, 0.25) is 0 Å². The van der Waals surface area contributed by atoms with Crippen molar-refractivity contribution >= 4 is 17.9 Å². The van der Waals surface area contributed by atoms with Gasteiger partial charge in [0.05, 0.1) is 6.42 Å². The molecule has 5 N–H and O–H groups in total. The Balaban J connectivity index is 4.27. The Kier molecular flexibility index (Phi) is 6.18. The number of rotatable bonds is 6. The lowest BCUT2D eigenvalue weighted by atomic mass is 10.2. The third-order valence-electron chi connectivity index (χ3n) is 1.81. The maximum Gasteiger partial charge on any atom is 0.326 e. The molecule has 17 heavy (non-hydrogen) atoms.